The maximum absolute atomic E-state index is 13.8. The van der Waals surface area contributed by atoms with Crippen LogP contribution in [0, 0.1) is 18.7 Å². The van der Waals surface area contributed by atoms with Crippen molar-refractivity contribution in [3.05, 3.63) is 71.0 Å². The predicted octanol–water partition coefficient (Wildman–Crippen LogP) is 4.33. The zero-order valence-corrected chi connectivity index (χ0v) is 14.5. The van der Waals surface area contributed by atoms with E-state index in [1.54, 1.807) is 12.1 Å². The van der Waals surface area contributed by atoms with Crippen LogP contribution < -0.4 is 5.32 Å². The molecule has 0 aliphatic heterocycles. The summed E-state index contributed by atoms with van der Waals surface area (Å²) in [6.45, 7) is 6.91. The van der Waals surface area contributed by atoms with E-state index in [2.05, 4.69) is 44.3 Å². The monoisotopic (exact) mass is 325 g/mol. The first-order chi connectivity index (χ1) is 11.4. The Kier molecular flexibility index (Phi) is 4.44. The van der Waals surface area contributed by atoms with E-state index < -0.39 is 0 Å². The second-order valence-corrected chi connectivity index (χ2v) is 7.44. The molecule has 3 rings (SSSR count). The lowest BCUT2D eigenvalue weighted by atomic mass is 9.84. The van der Waals surface area contributed by atoms with Crippen molar-refractivity contribution in [3.63, 3.8) is 0 Å². The van der Waals surface area contributed by atoms with E-state index in [-0.39, 0.29) is 29.0 Å². The molecular weight excluding hydrogens is 301 g/mol. The summed E-state index contributed by atoms with van der Waals surface area (Å²) in [6, 6.07) is 15.1. The first-order valence-corrected chi connectivity index (χ1v) is 8.48. The Morgan fingerprint density at radius 3 is 2.67 bits per heavy atom. The van der Waals surface area contributed by atoms with Crippen molar-refractivity contribution in [3.8, 4) is 0 Å². The lowest BCUT2D eigenvalue weighted by molar-refractivity contribution is -0.122. The van der Waals surface area contributed by atoms with Gasteiger partial charge in [-0.3, -0.25) is 4.79 Å². The summed E-state index contributed by atoms with van der Waals surface area (Å²) in [6.07, 6.45) is 0.734. The van der Waals surface area contributed by atoms with Crippen molar-refractivity contribution < 1.29 is 9.18 Å². The number of hydrogen-bond donors (Lipinski definition) is 1. The minimum Gasteiger partial charge on any atom is -0.355 e. The number of hydrogen-bond acceptors (Lipinski definition) is 1. The molecule has 0 aromatic heterocycles. The lowest BCUT2D eigenvalue weighted by Crippen LogP contribution is -2.37. The molecule has 1 amide bonds. The molecule has 3 heteroatoms. The van der Waals surface area contributed by atoms with Crippen molar-refractivity contribution in [2.75, 3.05) is 6.54 Å². The minimum absolute atomic E-state index is 0.0216. The van der Waals surface area contributed by atoms with E-state index in [1.165, 1.54) is 17.2 Å². The van der Waals surface area contributed by atoms with Crippen LogP contribution in [-0.4, -0.2) is 12.5 Å². The molecule has 2 aromatic carbocycles. The van der Waals surface area contributed by atoms with E-state index in [0.29, 0.717) is 12.1 Å². The Labute approximate surface area is 143 Å². The van der Waals surface area contributed by atoms with Crippen LogP contribution in [0.1, 0.15) is 42.9 Å². The average molecular weight is 325 g/mol. The van der Waals surface area contributed by atoms with Crippen LogP contribution in [0.15, 0.2) is 48.5 Å². The second-order valence-electron chi connectivity index (χ2n) is 7.44. The third-order valence-corrected chi connectivity index (χ3v) is 4.94. The van der Waals surface area contributed by atoms with Crippen LogP contribution in [0.5, 0.6) is 0 Å². The zero-order valence-electron chi connectivity index (χ0n) is 14.5. The number of carbonyl (C=O) groups is 1. The van der Waals surface area contributed by atoms with Gasteiger partial charge in [0.25, 0.3) is 0 Å². The summed E-state index contributed by atoms with van der Waals surface area (Å²) in [4.78, 5) is 12.4. The van der Waals surface area contributed by atoms with Crippen molar-refractivity contribution in [1.82, 2.24) is 5.32 Å². The van der Waals surface area contributed by atoms with Crippen molar-refractivity contribution >= 4 is 5.91 Å². The molecule has 126 valence electrons. The van der Waals surface area contributed by atoms with Crippen LogP contribution in [0.2, 0.25) is 0 Å². The third kappa shape index (κ3) is 3.50. The summed E-state index contributed by atoms with van der Waals surface area (Å²) in [5.41, 5.74) is 2.96. The molecule has 2 atom stereocenters. The van der Waals surface area contributed by atoms with Gasteiger partial charge in [0.2, 0.25) is 5.91 Å². The van der Waals surface area contributed by atoms with Crippen LogP contribution in [-0.2, 0) is 10.2 Å². The highest BCUT2D eigenvalue weighted by Gasteiger charge is 2.45. The average Bonchev–Trinajstić information content (AvgIpc) is 3.34. The Balaban J connectivity index is 1.60. The molecule has 2 nitrogen and oxygen atoms in total. The first kappa shape index (κ1) is 16.7. The summed E-state index contributed by atoms with van der Waals surface area (Å²) in [7, 11) is 0. The van der Waals surface area contributed by atoms with E-state index in [4.69, 9.17) is 0 Å². The van der Waals surface area contributed by atoms with E-state index in [1.807, 2.05) is 12.1 Å². The maximum Gasteiger partial charge on any atom is 0.223 e. The summed E-state index contributed by atoms with van der Waals surface area (Å²) < 4.78 is 13.8. The normalized spacial score (nSPS) is 19.8. The number of halogens is 1. The van der Waals surface area contributed by atoms with Crippen molar-refractivity contribution in [1.29, 1.82) is 0 Å². The van der Waals surface area contributed by atoms with Crippen molar-refractivity contribution in [2.24, 2.45) is 5.92 Å². The first-order valence-electron chi connectivity index (χ1n) is 8.48. The molecule has 1 aliphatic carbocycles. The summed E-state index contributed by atoms with van der Waals surface area (Å²) >= 11 is 0. The molecular formula is C21H24FNO. The quantitative estimate of drug-likeness (QED) is 0.871. The molecule has 0 saturated heterocycles. The fourth-order valence-corrected chi connectivity index (χ4v) is 3.21. The van der Waals surface area contributed by atoms with E-state index >= 15 is 0 Å². The number of benzene rings is 2. The van der Waals surface area contributed by atoms with Crippen LogP contribution in [0.3, 0.4) is 0 Å². The van der Waals surface area contributed by atoms with Gasteiger partial charge in [-0.2, -0.15) is 0 Å². The fraction of sp³-hybridized carbons (Fsp3) is 0.381. The smallest absolute Gasteiger partial charge is 0.223 e. The van der Waals surface area contributed by atoms with E-state index in [9.17, 15) is 9.18 Å². The second kappa shape index (κ2) is 6.39. The molecule has 1 aliphatic rings. The molecule has 1 N–H and O–H groups in total. The zero-order chi connectivity index (χ0) is 17.3. The fourth-order valence-electron chi connectivity index (χ4n) is 3.21. The number of rotatable bonds is 5. The Hall–Kier alpha value is -2.16. The molecule has 1 saturated carbocycles. The van der Waals surface area contributed by atoms with Gasteiger partial charge in [-0.25, -0.2) is 4.39 Å². The molecule has 0 heterocycles. The highest BCUT2D eigenvalue weighted by molar-refractivity contribution is 5.83. The molecule has 0 bridgehead atoms. The number of aryl methyl sites for hydroxylation is 1. The van der Waals surface area contributed by atoms with Crippen LogP contribution >= 0.6 is 0 Å². The van der Waals surface area contributed by atoms with Crippen LogP contribution in [0.25, 0.3) is 0 Å². The SMILES string of the molecule is Cc1cccc(C(C)(C)CNC(=O)C2CC2c2ccccc2F)c1. The van der Waals surface area contributed by atoms with E-state index in [0.717, 1.165) is 6.42 Å². The number of carbonyl (C=O) groups excluding carboxylic acids is 1. The van der Waals surface area contributed by atoms with Gasteiger partial charge in [0.1, 0.15) is 5.82 Å². The lowest BCUT2D eigenvalue weighted by Gasteiger charge is -2.26. The van der Waals surface area contributed by atoms with Crippen LogP contribution in [0.4, 0.5) is 4.39 Å². The third-order valence-electron chi connectivity index (χ3n) is 4.94. The predicted molar refractivity (Wildman–Crippen MR) is 94.5 cm³/mol. The van der Waals surface area contributed by atoms with Crippen molar-refractivity contribution in [2.45, 2.75) is 38.5 Å². The van der Waals surface area contributed by atoms with Gasteiger partial charge in [0.05, 0.1) is 0 Å². The standard InChI is InChI=1S/C21H24FNO/c1-14-7-6-8-15(11-14)21(2,3)13-23-20(24)18-12-17(18)16-9-4-5-10-19(16)22/h4-11,17-18H,12-13H2,1-3H3,(H,23,24). The highest BCUT2D eigenvalue weighted by atomic mass is 19.1. The molecule has 2 aromatic rings. The Morgan fingerprint density at radius 2 is 1.96 bits per heavy atom. The number of nitrogens with one attached hydrogen (secondary N) is 1. The molecule has 1 fully saturated rings. The Bertz CT molecular complexity index is 753. The van der Waals surface area contributed by atoms with Gasteiger partial charge in [0.15, 0.2) is 0 Å². The Morgan fingerprint density at radius 1 is 1.21 bits per heavy atom. The van der Waals surface area contributed by atoms with Gasteiger partial charge in [-0.15, -0.1) is 0 Å². The topological polar surface area (TPSA) is 29.1 Å². The van der Waals surface area contributed by atoms with Gasteiger partial charge in [0, 0.05) is 17.9 Å². The minimum atomic E-state index is -0.210. The molecule has 24 heavy (non-hydrogen) atoms. The summed E-state index contributed by atoms with van der Waals surface area (Å²) in [5.74, 6) is -0.259. The highest BCUT2D eigenvalue weighted by Crippen LogP contribution is 2.48. The van der Waals surface area contributed by atoms with Gasteiger partial charge in [-0.1, -0.05) is 61.9 Å². The van der Waals surface area contributed by atoms with Gasteiger partial charge < -0.3 is 5.32 Å². The van der Waals surface area contributed by atoms with Gasteiger partial charge in [-0.05, 0) is 36.5 Å². The largest absolute Gasteiger partial charge is 0.355 e. The molecule has 0 spiro atoms. The molecule has 2 unspecified atom stereocenters. The maximum atomic E-state index is 13.8. The molecule has 0 radical (unpaired) electrons. The summed E-state index contributed by atoms with van der Waals surface area (Å²) in [5, 5.41) is 3.06. The van der Waals surface area contributed by atoms with Gasteiger partial charge >= 0.3 is 0 Å². The number of amides is 1.